The van der Waals surface area contributed by atoms with E-state index in [0.717, 1.165) is 12.8 Å². The highest BCUT2D eigenvalue weighted by Gasteiger charge is 2.20. The van der Waals surface area contributed by atoms with Crippen molar-refractivity contribution in [3.05, 3.63) is 0 Å². The molecule has 0 aromatic carbocycles. The van der Waals surface area contributed by atoms with Crippen molar-refractivity contribution in [2.75, 3.05) is 5.75 Å². The van der Waals surface area contributed by atoms with E-state index in [4.69, 9.17) is 11.1 Å². The number of hydrogen-bond donors (Lipinski definition) is 2. The normalized spacial score (nSPS) is 12.1. The molecule has 0 aliphatic rings. The third-order valence-corrected chi connectivity index (χ3v) is 3.32. The molecule has 0 spiro atoms. The van der Waals surface area contributed by atoms with Gasteiger partial charge in [0.2, 0.25) is 0 Å². The first-order valence-electron chi connectivity index (χ1n) is 4.82. The zero-order valence-corrected chi connectivity index (χ0v) is 10.0. The van der Waals surface area contributed by atoms with E-state index in [1.807, 2.05) is 25.6 Å². The summed E-state index contributed by atoms with van der Waals surface area (Å²) in [5.41, 5.74) is 5.38. The van der Waals surface area contributed by atoms with Crippen LogP contribution in [0.4, 0.5) is 0 Å². The van der Waals surface area contributed by atoms with Crippen molar-refractivity contribution < 1.29 is 0 Å². The van der Waals surface area contributed by atoms with Gasteiger partial charge in [0.05, 0.1) is 5.84 Å². The van der Waals surface area contributed by atoms with Gasteiger partial charge in [0.15, 0.2) is 0 Å². The minimum Gasteiger partial charge on any atom is -0.387 e. The van der Waals surface area contributed by atoms with Crippen molar-refractivity contribution in [1.29, 1.82) is 5.41 Å². The van der Waals surface area contributed by atoms with E-state index < -0.39 is 0 Å². The van der Waals surface area contributed by atoms with Gasteiger partial charge in [-0.3, -0.25) is 5.41 Å². The molecule has 0 aliphatic heterocycles. The molecular weight excluding hydrogens is 180 g/mol. The van der Waals surface area contributed by atoms with Crippen LogP contribution in [0.15, 0.2) is 0 Å². The maximum atomic E-state index is 7.39. The third-order valence-electron chi connectivity index (χ3n) is 2.13. The van der Waals surface area contributed by atoms with Gasteiger partial charge in [-0.1, -0.05) is 27.7 Å². The number of nitrogens with two attached hydrogens (primary N) is 1. The third kappa shape index (κ3) is 5.97. The van der Waals surface area contributed by atoms with Crippen molar-refractivity contribution in [2.24, 2.45) is 11.1 Å². The summed E-state index contributed by atoms with van der Waals surface area (Å²) in [4.78, 5) is 0. The summed E-state index contributed by atoms with van der Waals surface area (Å²) in [5, 5.41) is 8.10. The van der Waals surface area contributed by atoms with Gasteiger partial charge in [0.1, 0.15) is 0 Å². The van der Waals surface area contributed by atoms with Crippen LogP contribution in [0, 0.1) is 10.8 Å². The number of rotatable bonds is 6. The van der Waals surface area contributed by atoms with Gasteiger partial charge in [0.25, 0.3) is 0 Å². The first kappa shape index (κ1) is 12.8. The van der Waals surface area contributed by atoms with Crippen LogP contribution < -0.4 is 5.73 Å². The fraction of sp³-hybridized carbons (Fsp3) is 0.900. The lowest BCUT2D eigenvalue weighted by atomic mass is 9.87. The standard InChI is InChI=1S/C10H22N2S/c1-8(2)13-7-5-6-10(3,4)9(11)12/h8H,5-7H2,1-4H3,(H3,11,12). The van der Waals surface area contributed by atoms with E-state index in [9.17, 15) is 0 Å². The Bertz CT molecular complexity index is 164. The zero-order valence-electron chi connectivity index (χ0n) is 9.18. The van der Waals surface area contributed by atoms with Gasteiger partial charge in [-0.15, -0.1) is 0 Å². The number of amidine groups is 1. The molecule has 3 N–H and O–H groups in total. The number of hydrogen-bond acceptors (Lipinski definition) is 2. The summed E-state index contributed by atoms with van der Waals surface area (Å²) in [5.74, 6) is 1.48. The maximum Gasteiger partial charge on any atom is 0.0963 e. The van der Waals surface area contributed by atoms with Crippen LogP contribution in [0.3, 0.4) is 0 Å². The molecule has 0 aliphatic carbocycles. The Labute approximate surface area is 86.2 Å². The average molecular weight is 202 g/mol. The first-order chi connectivity index (χ1) is 5.86. The molecular formula is C10H22N2S. The largest absolute Gasteiger partial charge is 0.387 e. The maximum absolute atomic E-state index is 7.39. The molecule has 78 valence electrons. The summed E-state index contributed by atoms with van der Waals surface area (Å²) in [6, 6.07) is 0. The highest BCUT2D eigenvalue weighted by atomic mass is 32.2. The van der Waals surface area contributed by atoms with Gasteiger partial charge in [0, 0.05) is 5.41 Å². The quantitative estimate of drug-likeness (QED) is 0.395. The lowest BCUT2D eigenvalue weighted by molar-refractivity contribution is 0.464. The Morgan fingerprint density at radius 3 is 2.38 bits per heavy atom. The van der Waals surface area contributed by atoms with E-state index in [-0.39, 0.29) is 5.41 Å². The summed E-state index contributed by atoms with van der Waals surface area (Å²) in [7, 11) is 0. The van der Waals surface area contributed by atoms with Crippen LogP contribution in [0.2, 0.25) is 0 Å². The lowest BCUT2D eigenvalue weighted by Gasteiger charge is -2.22. The van der Waals surface area contributed by atoms with Crippen LogP contribution in [0.25, 0.3) is 0 Å². The molecule has 0 bridgehead atoms. The summed E-state index contributed by atoms with van der Waals surface area (Å²) in [6.07, 6.45) is 2.16. The molecule has 0 radical (unpaired) electrons. The summed E-state index contributed by atoms with van der Waals surface area (Å²) < 4.78 is 0. The van der Waals surface area contributed by atoms with Crippen molar-refractivity contribution in [3.8, 4) is 0 Å². The van der Waals surface area contributed by atoms with E-state index in [0.29, 0.717) is 11.1 Å². The predicted octanol–water partition coefficient (Wildman–Crippen LogP) is 2.87. The SMILES string of the molecule is CC(C)SCCCC(C)(C)C(=N)N. The van der Waals surface area contributed by atoms with Crippen molar-refractivity contribution in [3.63, 3.8) is 0 Å². The molecule has 13 heavy (non-hydrogen) atoms. The first-order valence-corrected chi connectivity index (χ1v) is 5.87. The second-order valence-electron chi connectivity index (χ2n) is 4.32. The second-order valence-corrected chi connectivity index (χ2v) is 6.01. The minimum atomic E-state index is -0.114. The molecule has 3 heteroatoms. The highest BCUT2D eigenvalue weighted by molar-refractivity contribution is 7.99. The molecule has 0 fully saturated rings. The van der Waals surface area contributed by atoms with Crippen molar-refractivity contribution >= 4 is 17.6 Å². The monoisotopic (exact) mass is 202 g/mol. The van der Waals surface area contributed by atoms with E-state index in [1.165, 1.54) is 5.75 Å². The topological polar surface area (TPSA) is 49.9 Å². The highest BCUT2D eigenvalue weighted by Crippen LogP contribution is 2.23. The van der Waals surface area contributed by atoms with E-state index >= 15 is 0 Å². The van der Waals surface area contributed by atoms with Gasteiger partial charge >= 0.3 is 0 Å². The van der Waals surface area contributed by atoms with Crippen LogP contribution in [-0.2, 0) is 0 Å². The van der Waals surface area contributed by atoms with Crippen LogP contribution in [0.5, 0.6) is 0 Å². The molecule has 0 saturated heterocycles. The Kier molecular flexibility index (Phi) is 5.45. The molecule has 0 aromatic heterocycles. The Morgan fingerprint density at radius 2 is 2.00 bits per heavy atom. The molecule has 2 nitrogen and oxygen atoms in total. The number of nitrogens with one attached hydrogen (secondary N) is 1. The molecule has 0 heterocycles. The van der Waals surface area contributed by atoms with Gasteiger partial charge in [-0.25, -0.2) is 0 Å². The Balaban J connectivity index is 3.58. The Hall–Kier alpha value is -0.180. The van der Waals surface area contributed by atoms with Crippen LogP contribution >= 0.6 is 11.8 Å². The molecule has 0 amide bonds. The summed E-state index contributed by atoms with van der Waals surface area (Å²) >= 11 is 1.97. The molecule has 0 rings (SSSR count). The molecule has 0 unspecified atom stereocenters. The zero-order chi connectivity index (χ0) is 10.5. The average Bonchev–Trinajstić information content (AvgIpc) is 1.97. The van der Waals surface area contributed by atoms with Gasteiger partial charge in [-0.2, -0.15) is 11.8 Å². The molecule has 0 saturated carbocycles. The van der Waals surface area contributed by atoms with E-state index in [1.54, 1.807) is 0 Å². The predicted molar refractivity (Wildman–Crippen MR) is 62.5 cm³/mol. The van der Waals surface area contributed by atoms with Crippen LogP contribution in [0.1, 0.15) is 40.5 Å². The van der Waals surface area contributed by atoms with Gasteiger partial charge in [-0.05, 0) is 23.8 Å². The van der Waals surface area contributed by atoms with Gasteiger partial charge < -0.3 is 5.73 Å². The molecule has 0 aromatic rings. The minimum absolute atomic E-state index is 0.114. The van der Waals surface area contributed by atoms with Crippen LogP contribution in [-0.4, -0.2) is 16.8 Å². The second kappa shape index (κ2) is 5.53. The van der Waals surface area contributed by atoms with E-state index in [2.05, 4.69) is 13.8 Å². The van der Waals surface area contributed by atoms with Crippen molar-refractivity contribution in [1.82, 2.24) is 0 Å². The molecule has 0 atom stereocenters. The summed E-state index contributed by atoms with van der Waals surface area (Å²) in [6.45, 7) is 8.49. The number of thioether (sulfide) groups is 1. The Morgan fingerprint density at radius 1 is 1.46 bits per heavy atom. The van der Waals surface area contributed by atoms with Crippen molar-refractivity contribution in [2.45, 2.75) is 45.8 Å². The fourth-order valence-corrected chi connectivity index (χ4v) is 1.75. The fourth-order valence-electron chi connectivity index (χ4n) is 0.968. The smallest absolute Gasteiger partial charge is 0.0963 e. The lowest BCUT2D eigenvalue weighted by Crippen LogP contribution is -2.30.